The number of aromatic nitrogens is 2. The van der Waals surface area contributed by atoms with Crippen molar-refractivity contribution in [2.24, 2.45) is 0 Å². The van der Waals surface area contributed by atoms with Crippen LogP contribution in [0.2, 0.25) is 0 Å². The normalized spacial score (nSPS) is 10.2. The molecule has 56 valence electrons. The van der Waals surface area contributed by atoms with Crippen LogP contribution in [0.5, 0.6) is 0 Å². The van der Waals surface area contributed by atoms with Gasteiger partial charge in [-0.2, -0.15) is 4.37 Å². The molecular weight excluding hydrogens is 184 g/mol. The maximum absolute atomic E-state index is 4.25. The lowest BCUT2D eigenvalue weighted by Gasteiger charge is -1.84. The van der Waals surface area contributed by atoms with Crippen molar-refractivity contribution >= 4 is 35.1 Å². The summed E-state index contributed by atoms with van der Waals surface area (Å²) in [5, 5.41) is 0.890. The van der Waals surface area contributed by atoms with Crippen molar-refractivity contribution in [3.05, 3.63) is 0 Å². The minimum atomic E-state index is 0.890. The summed E-state index contributed by atoms with van der Waals surface area (Å²) in [6.07, 6.45) is 1.99. The SMILES string of the molecule is CCSc1nc(SC)ns1. The summed E-state index contributed by atoms with van der Waals surface area (Å²) in [7, 11) is 0. The third kappa shape index (κ3) is 2.14. The molecule has 10 heavy (non-hydrogen) atoms. The molecule has 1 aromatic rings. The van der Waals surface area contributed by atoms with Gasteiger partial charge in [-0.25, -0.2) is 4.98 Å². The van der Waals surface area contributed by atoms with Gasteiger partial charge in [-0.15, -0.1) is 0 Å². The molecule has 0 amide bonds. The lowest BCUT2D eigenvalue weighted by Crippen LogP contribution is -1.71. The van der Waals surface area contributed by atoms with E-state index in [-0.39, 0.29) is 0 Å². The van der Waals surface area contributed by atoms with Crippen molar-refractivity contribution < 1.29 is 0 Å². The van der Waals surface area contributed by atoms with Crippen molar-refractivity contribution in [3.63, 3.8) is 0 Å². The Hall–Kier alpha value is 0.260. The first kappa shape index (κ1) is 8.36. The summed E-state index contributed by atoms with van der Waals surface area (Å²) >= 11 is 4.81. The Morgan fingerprint density at radius 3 is 2.90 bits per heavy atom. The van der Waals surface area contributed by atoms with Crippen molar-refractivity contribution in [3.8, 4) is 0 Å². The van der Waals surface area contributed by atoms with Crippen LogP contribution in [-0.2, 0) is 0 Å². The average molecular weight is 192 g/mol. The topological polar surface area (TPSA) is 25.8 Å². The van der Waals surface area contributed by atoms with Gasteiger partial charge in [0, 0.05) is 0 Å². The smallest absolute Gasteiger partial charge is 0.200 e. The summed E-state index contributed by atoms with van der Waals surface area (Å²) in [6.45, 7) is 2.12. The average Bonchev–Trinajstić information content (AvgIpc) is 2.37. The van der Waals surface area contributed by atoms with Crippen molar-refractivity contribution in [2.45, 2.75) is 16.4 Å². The van der Waals surface area contributed by atoms with Gasteiger partial charge < -0.3 is 0 Å². The highest BCUT2D eigenvalue weighted by molar-refractivity contribution is 8.01. The third-order valence-corrected chi connectivity index (χ3v) is 3.22. The van der Waals surface area contributed by atoms with Crippen molar-refractivity contribution in [1.82, 2.24) is 9.36 Å². The maximum Gasteiger partial charge on any atom is 0.200 e. The lowest BCUT2D eigenvalue weighted by atomic mass is 11.0. The first-order valence-electron chi connectivity index (χ1n) is 2.87. The molecule has 0 saturated heterocycles. The first-order valence-corrected chi connectivity index (χ1v) is 5.85. The van der Waals surface area contributed by atoms with E-state index in [1.807, 2.05) is 6.26 Å². The Bertz CT molecular complexity index is 199. The zero-order chi connectivity index (χ0) is 7.40. The molecular formula is C5H8N2S3. The molecule has 0 atom stereocenters. The highest BCUT2D eigenvalue weighted by atomic mass is 32.2. The summed E-state index contributed by atoms with van der Waals surface area (Å²) in [5.41, 5.74) is 0. The summed E-state index contributed by atoms with van der Waals surface area (Å²) in [5.74, 6) is 1.07. The van der Waals surface area contributed by atoms with Crippen LogP contribution in [0.1, 0.15) is 6.92 Å². The molecule has 0 radical (unpaired) electrons. The van der Waals surface area contributed by atoms with E-state index >= 15 is 0 Å². The highest BCUT2D eigenvalue weighted by Crippen LogP contribution is 2.22. The molecule has 5 heteroatoms. The van der Waals surface area contributed by atoms with Gasteiger partial charge in [0.25, 0.3) is 0 Å². The molecule has 0 unspecified atom stereocenters. The van der Waals surface area contributed by atoms with Crippen LogP contribution >= 0.6 is 35.1 Å². The fourth-order valence-corrected chi connectivity index (χ4v) is 2.57. The number of hydrogen-bond donors (Lipinski definition) is 0. The van der Waals surface area contributed by atoms with Gasteiger partial charge in [0.15, 0.2) is 4.34 Å². The van der Waals surface area contributed by atoms with Crippen molar-refractivity contribution in [2.75, 3.05) is 12.0 Å². The monoisotopic (exact) mass is 192 g/mol. The first-order chi connectivity index (χ1) is 4.86. The van der Waals surface area contributed by atoms with Crippen LogP contribution < -0.4 is 0 Å². The standard InChI is InChI=1S/C5H8N2S3/c1-3-9-5-6-4(8-2)7-10-5/h3H2,1-2H3. The fourth-order valence-electron chi connectivity index (χ4n) is 0.462. The summed E-state index contributed by atoms with van der Waals surface area (Å²) in [4.78, 5) is 4.25. The molecule has 0 aliphatic heterocycles. The Labute approximate surface area is 73.0 Å². The molecule has 1 heterocycles. The number of rotatable bonds is 3. The molecule has 0 N–H and O–H groups in total. The predicted octanol–water partition coefficient (Wildman–Crippen LogP) is 2.37. The largest absolute Gasteiger partial charge is 0.203 e. The van der Waals surface area contributed by atoms with Gasteiger partial charge in [-0.05, 0) is 23.5 Å². The Kier molecular flexibility index (Phi) is 3.51. The minimum absolute atomic E-state index is 0.890. The van der Waals surface area contributed by atoms with Gasteiger partial charge in [0.1, 0.15) is 0 Å². The van der Waals surface area contributed by atoms with Gasteiger partial charge in [-0.1, -0.05) is 30.4 Å². The summed E-state index contributed by atoms with van der Waals surface area (Å²) in [6, 6.07) is 0. The van der Waals surface area contributed by atoms with E-state index in [1.54, 1.807) is 23.5 Å². The van der Waals surface area contributed by atoms with Gasteiger partial charge in [0.05, 0.1) is 0 Å². The van der Waals surface area contributed by atoms with Crippen LogP contribution in [0.15, 0.2) is 9.50 Å². The number of hydrogen-bond acceptors (Lipinski definition) is 5. The van der Waals surface area contributed by atoms with E-state index in [9.17, 15) is 0 Å². The van der Waals surface area contributed by atoms with Crippen LogP contribution in [-0.4, -0.2) is 21.4 Å². The fraction of sp³-hybridized carbons (Fsp3) is 0.600. The number of nitrogens with zero attached hydrogens (tertiary/aromatic N) is 2. The predicted molar refractivity (Wildman–Crippen MR) is 48.1 cm³/mol. The highest BCUT2D eigenvalue weighted by Gasteiger charge is 2.00. The van der Waals surface area contributed by atoms with Crippen LogP contribution in [0.25, 0.3) is 0 Å². The van der Waals surface area contributed by atoms with E-state index in [1.165, 1.54) is 11.5 Å². The van der Waals surface area contributed by atoms with Gasteiger partial charge in [0.2, 0.25) is 5.16 Å². The molecule has 1 rings (SSSR count). The van der Waals surface area contributed by atoms with E-state index < -0.39 is 0 Å². The van der Waals surface area contributed by atoms with Crippen LogP contribution in [0, 0.1) is 0 Å². The Morgan fingerprint density at radius 2 is 2.40 bits per heavy atom. The second-order valence-electron chi connectivity index (χ2n) is 1.48. The molecule has 2 nitrogen and oxygen atoms in total. The third-order valence-electron chi connectivity index (χ3n) is 0.839. The Morgan fingerprint density at radius 1 is 1.60 bits per heavy atom. The second kappa shape index (κ2) is 4.20. The molecule has 0 aliphatic rings. The molecule has 0 saturated carbocycles. The Balaban J connectivity index is 2.59. The molecule has 0 bridgehead atoms. The molecule has 0 aliphatic carbocycles. The van der Waals surface area contributed by atoms with E-state index in [0.717, 1.165) is 15.2 Å². The second-order valence-corrected chi connectivity index (χ2v) is 4.52. The zero-order valence-corrected chi connectivity index (χ0v) is 8.28. The van der Waals surface area contributed by atoms with E-state index in [4.69, 9.17) is 0 Å². The van der Waals surface area contributed by atoms with Crippen LogP contribution in [0.4, 0.5) is 0 Å². The van der Waals surface area contributed by atoms with Gasteiger partial charge >= 0.3 is 0 Å². The van der Waals surface area contributed by atoms with E-state index in [0.29, 0.717) is 0 Å². The minimum Gasteiger partial charge on any atom is -0.203 e. The molecule has 1 aromatic heterocycles. The zero-order valence-electron chi connectivity index (χ0n) is 5.83. The molecule has 0 spiro atoms. The van der Waals surface area contributed by atoms with Crippen molar-refractivity contribution in [1.29, 1.82) is 0 Å². The maximum atomic E-state index is 4.25. The number of thioether (sulfide) groups is 2. The molecule has 0 aromatic carbocycles. The van der Waals surface area contributed by atoms with Crippen LogP contribution in [0.3, 0.4) is 0 Å². The molecule has 0 fully saturated rings. The van der Waals surface area contributed by atoms with Gasteiger partial charge in [-0.3, -0.25) is 0 Å². The lowest BCUT2D eigenvalue weighted by molar-refractivity contribution is 1.02. The summed E-state index contributed by atoms with van der Waals surface area (Å²) < 4.78 is 5.20. The quantitative estimate of drug-likeness (QED) is 0.687. The van der Waals surface area contributed by atoms with E-state index in [2.05, 4.69) is 16.3 Å².